The number of nitrogens with zero attached hydrogens (tertiary/aromatic N) is 1. The molecule has 7 heteroatoms. The van der Waals surface area contributed by atoms with E-state index in [0.717, 1.165) is 12.8 Å². The monoisotopic (exact) mass is 334 g/mol. The second-order valence-corrected chi connectivity index (χ2v) is 6.71. The van der Waals surface area contributed by atoms with E-state index in [1.807, 2.05) is 0 Å². The fourth-order valence-corrected chi connectivity index (χ4v) is 3.67. The summed E-state index contributed by atoms with van der Waals surface area (Å²) in [5, 5.41) is 9.06. The summed E-state index contributed by atoms with van der Waals surface area (Å²) in [6, 6.07) is 5.07. The molecule has 1 aromatic rings. The molecule has 1 aromatic carbocycles. The molecular formula is C11H15BrN2O3S. The number of hydrogen-bond acceptors (Lipinski definition) is 3. The van der Waals surface area contributed by atoms with Crippen molar-refractivity contribution in [3.63, 3.8) is 0 Å². The molecule has 5 nitrogen and oxygen atoms in total. The highest BCUT2D eigenvalue weighted by Crippen LogP contribution is 2.26. The van der Waals surface area contributed by atoms with E-state index in [4.69, 9.17) is 5.11 Å². The van der Waals surface area contributed by atoms with Crippen molar-refractivity contribution in [3.8, 4) is 0 Å². The highest BCUT2D eigenvalue weighted by Gasteiger charge is 2.25. The summed E-state index contributed by atoms with van der Waals surface area (Å²) in [7, 11) is -3.49. The number of rotatable bonds is 4. The van der Waals surface area contributed by atoms with Crippen molar-refractivity contribution < 1.29 is 13.5 Å². The van der Waals surface area contributed by atoms with Gasteiger partial charge in [-0.1, -0.05) is 6.07 Å². The van der Waals surface area contributed by atoms with Crippen LogP contribution in [0.4, 0.5) is 5.69 Å². The van der Waals surface area contributed by atoms with Crippen LogP contribution in [-0.2, 0) is 16.8 Å². The zero-order valence-corrected chi connectivity index (χ0v) is 12.2. The van der Waals surface area contributed by atoms with E-state index in [1.54, 1.807) is 18.2 Å². The van der Waals surface area contributed by atoms with Gasteiger partial charge in [-0.15, -0.1) is 0 Å². The predicted molar refractivity (Wildman–Crippen MR) is 73.4 cm³/mol. The molecule has 1 saturated heterocycles. The minimum absolute atomic E-state index is 0.119. The van der Waals surface area contributed by atoms with Gasteiger partial charge in [0.05, 0.1) is 12.3 Å². The second kappa shape index (κ2) is 5.56. The molecule has 0 aromatic heterocycles. The Morgan fingerprint density at radius 1 is 1.33 bits per heavy atom. The van der Waals surface area contributed by atoms with Gasteiger partial charge in [-0.3, -0.25) is 4.72 Å². The maximum absolute atomic E-state index is 12.1. The molecule has 0 spiro atoms. The average Bonchev–Trinajstić information content (AvgIpc) is 2.86. The number of nitrogens with one attached hydrogen (secondary N) is 1. The van der Waals surface area contributed by atoms with Crippen LogP contribution in [0.1, 0.15) is 18.4 Å². The van der Waals surface area contributed by atoms with Crippen molar-refractivity contribution in [2.75, 3.05) is 17.8 Å². The molecule has 1 aliphatic heterocycles. The number of benzene rings is 1. The first kappa shape index (κ1) is 13.8. The Balaban J connectivity index is 2.22. The number of anilines is 1. The van der Waals surface area contributed by atoms with Gasteiger partial charge in [0.1, 0.15) is 0 Å². The molecule has 1 aliphatic rings. The Labute approximate surface area is 115 Å². The van der Waals surface area contributed by atoms with Crippen molar-refractivity contribution in [3.05, 3.63) is 28.2 Å². The van der Waals surface area contributed by atoms with Gasteiger partial charge < -0.3 is 5.11 Å². The van der Waals surface area contributed by atoms with Crippen molar-refractivity contribution >= 4 is 31.8 Å². The highest BCUT2D eigenvalue weighted by atomic mass is 79.9. The molecule has 0 aliphatic carbocycles. The quantitative estimate of drug-likeness (QED) is 0.880. The molecule has 0 unspecified atom stereocenters. The molecule has 0 amide bonds. The van der Waals surface area contributed by atoms with Crippen LogP contribution in [0.5, 0.6) is 0 Å². The number of aliphatic hydroxyl groups excluding tert-OH is 1. The first-order valence-corrected chi connectivity index (χ1v) is 7.93. The molecular weight excluding hydrogens is 320 g/mol. The third-order valence-electron chi connectivity index (χ3n) is 2.86. The van der Waals surface area contributed by atoms with Gasteiger partial charge in [-0.05, 0) is 46.5 Å². The van der Waals surface area contributed by atoms with Crippen molar-refractivity contribution in [2.24, 2.45) is 0 Å². The van der Waals surface area contributed by atoms with E-state index in [9.17, 15) is 8.42 Å². The maximum Gasteiger partial charge on any atom is 0.301 e. The van der Waals surface area contributed by atoms with Crippen LogP contribution >= 0.6 is 15.9 Å². The first-order chi connectivity index (χ1) is 8.53. The van der Waals surface area contributed by atoms with Gasteiger partial charge in [0.2, 0.25) is 0 Å². The predicted octanol–water partition coefficient (Wildman–Crippen LogP) is 1.69. The average molecular weight is 335 g/mol. The Bertz CT molecular complexity index is 527. The summed E-state index contributed by atoms with van der Waals surface area (Å²) in [5.41, 5.74) is 1.12. The van der Waals surface area contributed by atoms with Crippen molar-refractivity contribution in [2.45, 2.75) is 19.4 Å². The Morgan fingerprint density at radius 2 is 2.00 bits per heavy atom. The summed E-state index contributed by atoms with van der Waals surface area (Å²) in [6.45, 7) is 1.00. The first-order valence-electron chi connectivity index (χ1n) is 5.70. The van der Waals surface area contributed by atoms with E-state index in [-0.39, 0.29) is 6.61 Å². The van der Waals surface area contributed by atoms with E-state index in [0.29, 0.717) is 28.8 Å². The summed E-state index contributed by atoms with van der Waals surface area (Å²) in [6.07, 6.45) is 1.80. The molecule has 2 rings (SSSR count). The van der Waals surface area contributed by atoms with E-state index in [2.05, 4.69) is 20.7 Å². The van der Waals surface area contributed by atoms with Gasteiger partial charge in [-0.25, -0.2) is 0 Å². The molecule has 1 fully saturated rings. The SMILES string of the molecule is O=S(=O)(Nc1cc(CO)ccc1Br)N1CCCC1. The third-order valence-corrected chi connectivity index (χ3v) is 5.07. The lowest BCUT2D eigenvalue weighted by atomic mass is 10.2. The fraction of sp³-hybridized carbons (Fsp3) is 0.455. The smallest absolute Gasteiger partial charge is 0.301 e. The Hall–Kier alpha value is -0.630. The lowest BCUT2D eigenvalue weighted by Crippen LogP contribution is -2.33. The largest absolute Gasteiger partial charge is 0.392 e. The number of aliphatic hydroxyl groups is 1. The van der Waals surface area contributed by atoms with Crippen LogP contribution in [0, 0.1) is 0 Å². The minimum Gasteiger partial charge on any atom is -0.392 e. The van der Waals surface area contributed by atoms with Gasteiger partial charge >= 0.3 is 10.2 Å². The van der Waals surface area contributed by atoms with E-state index >= 15 is 0 Å². The third kappa shape index (κ3) is 3.03. The molecule has 2 N–H and O–H groups in total. The fourth-order valence-electron chi connectivity index (χ4n) is 1.88. The second-order valence-electron chi connectivity index (χ2n) is 4.19. The van der Waals surface area contributed by atoms with Crippen LogP contribution in [0.3, 0.4) is 0 Å². The number of halogens is 1. The minimum atomic E-state index is -3.49. The van der Waals surface area contributed by atoms with Crippen LogP contribution in [0.15, 0.2) is 22.7 Å². The molecule has 100 valence electrons. The van der Waals surface area contributed by atoms with Crippen molar-refractivity contribution in [1.29, 1.82) is 0 Å². The van der Waals surface area contributed by atoms with Gasteiger partial charge in [-0.2, -0.15) is 12.7 Å². The molecule has 1 heterocycles. The normalized spacial score (nSPS) is 17.0. The molecule has 0 atom stereocenters. The van der Waals surface area contributed by atoms with Gasteiger partial charge in [0.25, 0.3) is 0 Å². The summed E-state index contributed by atoms with van der Waals surface area (Å²) < 4.78 is 28.8. The highest BCUT2D eigenvalue weighted by molar-refractivity contribution is 9.10. The zero-order chi connectivity index (χ0) is 13.2. The molecule has 18 heavy (non-hydrogen) atoms. The molecule has 0 radical (unpaired) electrons. The summed E-state index contributed by atoms with van der Waals surface area (Å²) >= 11 is 3.29. The molecule has 0 bridgehead atoms. The van der Waals surface area contributed by atoms with Crippen LogP contribution < -0.4 is 4.72 Å². The summed E-state index contributed by atoms with van der Waals surface area (Å²) in [5.74, 6) is 0. The molecule has 0 saturated carbocycles. The van der Waals surface area contributed by atoms with E-state index < -0.39 is 10.2 Å². The van der Waals surface area contributed by atoms with Crippen LogP contribution in [0.25, 0.3) is 0 Å². The van der Waals surface area contributed by atoms with Gasteiger partial charge in [0, 0.05) is 17.6 Å². The van der Waals surface area contributed by atoms with Crippen LogP contribution in [0.2, 0.25) is 0 Å². The Kier molecular flexibility index (Phi) is 4.26. The van der Waals surface area contributed by atoms with Gasteiger partial charge in [0.15, 0.2) is 0 Å². The topological polar surface area (TPSA) is 69.6 Å². The number of hydrogen-bond donors (Lipinski definition) is 2. The lowest BCUT2D eigenvalue weighted by molar-refractivity contribution is 0.282. The lowest BCUT2D eigenvalue weighted by Gasteiger charge is -2.18. The van der Waals surface area contributed by atoms with Crippen LogP contribution in [-0.4, -0.2) is 30.9 Å². The van der Waals surface area contributed by atoms with E-state index in [1.165, 1.54) is 4.31 Å². The standard InChI is InChI=1S/C11H15BrN2O3S/c12-10-4-3-9(8-15)7-11(10)13-18(16,17)14-5-1-2-6-14/h3-4,7,13,15H,1-2,5-6,8H2. The maximum atomic E-state index is 12.1. The zero-order valence-electron chi connectivity index (χ0n) is 9.76. The Morgan fingerprint density at radius 3 is 2.61 bits per heavy atom. The summed E-state index contributed by atoms with van der Waals surface area (Å²) in [4.78, 5) is 0. The van der Waals surface area contributed by atoms with Crippen molar-refractivity contribution in [1.82, 2.24) is 4.31 Å².